The number of rotatable bonds is 7. The van der Waals surface area contributed by atoms with E-state index in [-0.39, 0.29) is 0 Å². The number of allylic oxidation sites excluding steroid dienone is 1. The summed E-state index contributed by atoms with van der Waals surface area (Å²) in [6.07, 6.45) is 9.63. The standard InChI is InChI=1S/C16H31N/c1-5-14-8-7-9-15(12-14)16(17-6-2)11-10-13(3)4/h14-17H,3,5-12H2,1-2,4H3. The third-order valence-electron chi connectivity index (χ3n) is 4.32. The zero-order valence-corrected chi connectivity index (χ0v) is 12.1. The minimum Gasteiger partial charge on any atom is -0.314 e. The van der Waals surface area contributed by atoms with Crippen LogP contribution in [0.3, 0.4) is 0 Å². The van der Waals surface area contributed by atoms with E-state index in [1.165, 1.54) is 50.5 Å². The molecule has 0 amide bonds. The molecule has 100 valence electrons. The maximum absolute atomic E-state index is 4.04. The van der Waals surface area contributed by atoms with Gasteiger partial charge in [0.1, 0.15) is 0 Å². The highest BCUT2D eigenvalue weighted by Gasteiger charge is 2.26. The lowest BCUT2D eigenvalue weighted by Gasteiger charge is -2.35. The summed E-state index contributed by atoms with van der Waals surface area (Å²) in [5.41, 5.74) is 1.33. The van der Waals surface area contributed by atoms with Crippen LogP contribution in [0.4, 0.5) is 0 Å². The SMILES string of the molecule is C=C(C)CCC(NCC)C1CCCC(CC)C1. The van der Waals surface area contributed by atoms with Gasteiger partial charge in [-0.1, -0.05) is 38.7 Å². The van der Waals surface area contributed by atoms with Crippen molar-refractivity contribution in [3.05, 3.63) is 12.2 Å². The third kappa shape index (κ3) is 5.25. The van der Waals surface area contributed by atoms with E-state index < -0.39 is 0 Å². The van der Waals surface area contributed by atoms with E-state index in [2.05, 4.69) is 32.7 Å². The van der Waals surface area contributed by atoms with E-state index in [0.29, 0.717) is 0 Å². The Morgan fingerprint density at radius 2 is 2.12 bits per heavy atom. The van der Waals surface area contributed by atoms with Gasteiger partial charge in [-0.05, 0) is 51.0 Å². The molecule has 1 fully saturated rings. The molecule has 1 aliphatic rings. The molecule has 0 heterocycles. The minimum atomic E-state index is 0.728. The molecule has 1 nitrogen and oxygen atoms in total. The van der Waals surface area contributed by atoms with Gasteiger partial charge in [0, 0.05) is 6.04 Å². The fourth-order valence-electron chi connectivity index (χ4n) is 3.24. The molecule has 3 atom stereocenters. The van der Waals surface area contributed by atoms with Crippen LogP contribution in [-0.4, -0.2) is 12.6 Å². The van der Waals surface area contributed by atoms with Gasteiger partial charge in [-0.25, -0.2) is 0 Å². The maximum atomic E-state index is 4.04. The van der Waals surface area contributed by atoms with E-state index >= 15 is 0 Å². The van der Waals surface area contributed by atoms with Crippen molar-refractivity contribution in [3.63, 3.8) is 0 Å². The molecule has 0 spiro atoms. The largest absolute Gasteiger partial charge is 0.314 e. The van der Waals surface area contributed by atoms with Gasteiger partial charge in [-0.2, -0.15) is 0 Å². The highest BCUT2D eigenvalue weighted by molar-refractivity contribution is 4.91. The van der Waals surface area contributed by atoms with Crippen LogP contribution >= 0.6 is 0 Å². The molecule has 0 bridgehead atoms. The summed E-state index contributed by atoms with van der Waals surface area (Å²) >= 11 is 0. The second-order valence-corrected chi connectivity index (χ2v) is 5.86. The van der Waals surface area contributed by atoms with Crippen LogP contribution in [0.25, 0.3) is 0 Å². The average molecular weight is 237 g/mol. The summed E-state index contributed by atoms with van der Waals surface area (Å²) < 4.78 is 0. The topological polar surface area (TPSA) is 12.0 Å². The molecule has 1 saturated carbocycles. The van der Waals surface area contributed by atoms with Gasteiger partial charge in [-0.3, -0.25) is 0 Å². The first-order chi connectivity index (χ1) is 8.17. The molecular weight excluding hydrogens is 206 g/mol. The first-order valence-corrected chi connectivity index (χ1v) is 7.55. The van der Waals surface area contributed by atoms with Gasteiger partial charge in [0.15, 0.2) is 0 Å². The van der Waals surface area contributed by atoms with E-state index in [9.17, 15) is 0 Å². The van der Waals surface area contributed by atoms with Gasteiger partial charge >= 0.3 is 0 Å². The second kappa shape index (κ2) is 7.92. The lowest BCUT2D eigenvalue weighted by molar-refractivity contribution is 0.203. The summed E-state index contributed by atoms with van der Waals surface area (Å²) in [5, 5.41) is 3.71. The normalized spacial score (nSPS) is 26.8. The molecule has 3 unspecified atom stereocenters. The quantitative estimate of drug-likeness (QED) is 0.641. The first kappa shape index (κ1) is 14.8. The molecule has 0 radical (unpaired) electrons. The molecule has 1 rings (SSSR count). The van der Waals surface area contributed by atoms with Gasteiger partial charge < -0.3 is 5.32 Å². The minimum absolute atomic E-state index is 0.728. The number of hydrogen-bond donors (Lipinski definition) is 1. The van der Waals surface area contributed by atoms with Crippen LogP contribution in [0.2, 0.25) is 0 Å². The van der Waals surface area contributed by atoms with Gasteiger partial charge in [0.05, 0.1) is 0 Å². The molecule has 0 aliphatic heterocycles. The van der Waals surface area contributed by atoms with Crippen molar-refractivity contribution in [3.8, 4) is 0 Å². The molecule has 1 N–H and O–H groups in total. The van der Waals surface area contributed by atoms with E-state index in [4.69, 9.17) is 0 Å². The Hall–Kier alpha value is -0.300. The molecular formula is C16H31N. The van der Waals surface area contributed by atoms with Crippen molar-refractivity contribution in [2.75, 3.05) is 6.54 Å². The predicted molar refractivity (Wildman–Crippen MR) is 77.3 cm³/mol. The van der Waals surface area contributed by atoms with Crippen LogP contribution in [0.1, 0.15) is 65.7 Å². The van der Waals surface area contributed by atoms with Crippen molar-refractivity contribution >= 4 is 0 Å². The van der Waals surface area contributed by atoms with Crippen LogP contribution in [0.15, 0.2) is 12.2 Å². The average Bonchev–Trinajstić information content (AvgIpc) is 2.34. The van der Waals surface area contributed by atoms with E-state index in [1.807, 2.05) is 0 Å². The first-order valence-electron chi connectivity index (χ1n) is 7.55. The molecule has 0 aromatic rings. The van der Waals surface area contributed by atoms with Crippen molar-refractivity contribution in [1.82, 2.24) is 5.32 Å². The van der Waals surface area contributed by atoms with E-state index in [0.717, 1.165) is 24.4 Å². The molecule has 1 heteroatoms. The molecule has 17 heavy (non-hydrogen) atoms. The lowest BCUT2D eigenvalue weighted by Crippen LogP contribution is -2.38. The lowest BCUT2D eigenvalue weighted by atomic mass is 9.75. The van der Waals surface area contributed by atoms with Crippen molar-refractivity contribution in [2.24, 2.45) is 11.8 Å². The summed E-state index contributed by atoms with van der Waals surface area (Å²) in [7, 11) is 0. The van der Waals surface area contributed by atoms with Crippen LogP contribution in [-0.2, 0) is 0 Å². The van der Waals surface area contributed by atoms with Crippen LogP contribution in [0, 0.1) is 11.8 Å². The Bertz CT molecular complexity index is 222. The summed E-state index contributed by atoms with van der Waals surface area (Å²) in [6.45, 7) is 11.9. The van der Waals surface area contributed by atoms with Crippen molar-refractivity contribution < 1.29 is 0 Å². The second-order valence-electron chi connectivity index (χ2n) is 5.86. The molecule has 0 aromatic carbocycles. The predicted octanol–water partition coefficient (Wildman–Crippen LogP) is 4.54. The fourth-order valence-corrected chi connectivity index (χ4v) is 3.24. The smallest absolute Gasteiger partial charge is 0.00983 e. The summed E-state index contributed by atoms with van der Waals surface area (Å²) in [4.78, 5) is 0. The number of hydrogen-bond acceptors (Lipinski definition) is 1. The fraction of sp³-hybridized carbons (Fsp3) is 0.875. The summed E-state index contributed by atoms with van der Waals surface area (Å²) in [6, 6.07) is 0.728. The van der Waals surface area contributed by atoms with Crippen molar-refractivity contribution in [2.45, 2.75) is 71.8 Å². The Morgan fingerprint density at radius 3 is 2.71 bits per heavy atom. The van der Waals surface area contributed by atoms with Gasteiger partial charge in [0.25, 0.3) is 0 Å². The summed E-state index contributed by atoms with van der Waals surface area (Å²) in [5.74, 6) is 1.90. The maximum Gasteiger partial charge on any atom is 0.00983 e. The third-order valence-corrected chi connectivity index (χ3v) is 4.32. The van der Waals surface area contributed by atoms with Crippen molar-refractivity contribution in [1.29, 1.82) is 0 Å². The number of nitrogens with one attached hydrogen (secondary N) is 1. The Balaban J connectivity index is 2.46. The Kier molecular flexibility index (Phi) is 6.87. The van der Waals surface area contributed by atoms with Gasteiger partial charge in [0.2, 0.25) is 0 Å². The Labute approximate surface area is 108 Å². The highest BCUT2D eigenvalue weighted by atomic mass is 14.9. The van der Waals surface area contributed by atoms with Crippen LogP contribution in [0.5, 0.6) is 0 Å². The highest BCUT2D eigenvalue weighted by Crippen LogP contribution is 2.34. The zero-order chi connectivity index (χ0) is 12.7. The van der Waals surface area contributed by atoms with E-state index in [1.54, 1.807) is 0 Å². The monoisotopic (exact) mass is 237 g/mol. The van der Waals surface area contributed by atoms with Gasteiger partial charge in [-0.15, -0.1) is 6.58 Å². The Morgan fingerprint density at radius 1 is 1.35 bits per heavy atom. The molecule has 0 aromatic heterocycles. The molecule has 1 aliphatic carbocycles. The molecule has 0 saturated heterocycles. The van der Waals surface area contributed by atoms with Crippen LogP contribution < -0.4 is 5.32 Å². The zero-order valence-electron chi connectivity index (χ0n) is 12.1.